The second kappa shape index (κ2) is 7.72. The summed E-state index contributed by atoms with van der Waals surface area (Å²) in [7, 11) is -3.67. The topological polar surface area (TPSA) is 102 Å². The van der Waals surface area contributed by atoms with Gasteiger partial charge in [-0.15, -0.1) is 0 Å². The maximum absolute atomic E-state index is 12.0. The number of rotatable bonds is 7. The lowest BCUT2D eigenvalue weighted by atomic mass is 9.96. The molecule has 3 rings (SSSR count). The van der Waals surface area contributed by atoms with E-state index in [0.717, 1.165) is 45.3 Å². The third kappa shape index (κ3) is 5.42. The summed E-state index contributed by atoms with van der Waals surface area (Å²) in [6.45, 7) is 3.11. The van der Waals surface area contributed by atoms with Crippen molar-refractivity contribution in [1.29, 1.82) is 0 Å². The van der Waals surface area contributed by atoms with Crippen LogP contribution in [0.4, 0.5) is 0 Å². The molecule has 2 fully saturated rings. The summed E-state index contributed by atoms with van der Waals surface area (Å²) in [6.07, 6.45) is 4.03. The Kier molecular flexibility index (Phi) is 5.61. The molecule has 0 atom stereocenters. The SMILES string of the molecule is NS(=O)(=O)c1ccc(OCCN2CCC(C(=O)NC3CC3)CC2)cc1. The van der Waals surface area contributed by atoms with Crippen LogP contribution >= 0.6 is 0 Å². The maximum atomic E-state index is 12.0. The number of ether oxygens (including phenoxy) is 1. The molecule has 25 heavy (non-hydrogen) atoms. The molecule has 1 heterocycles. The Balaban J connectivity index is 1.36. The zero-order chi connectivity index (χ0) is 17.9. The molecule has 0 aromatic heterocycles. The number of carbonyl (C=O) groups excluding carboxylic acids is 1. The van der Waals surface area contributed by atoms with Gasteiger partial charge in [-0.25, -0.2) is 13.6 Å². The third-order valence-electron chi connectivity index (χ3n) is 4.71. The zero-order valence-corrected chi connectivity index (χ0v) is 15.0. The molecule has 138 valence electrons. The lowest BCUT2D eigenvalue weighted by Gasteiger charge is -2.31. The fraction of sp³-hybridized carbons (Fsp3) is 0.588. The molecule has 1 aliphatic carbocycles. The van der Waals surface area contributed by atoms with Crippen LogP contribution in [0.25, 0.3) is 0 Å². The first kappa shape index (κ1) is 18.2. The molecular weight excluding hydrogens is 342 g/mol. The van der Waals surface area contributed by atoms with E-state index in [1.165, 1.54) is 12.1 Å². The number of nitrogens with one attached hydrogen (secondary N) is 1. The number of hydrogen-bond acceptors (Lipinski definition) is 5. The van der Waals surface area contributed by atoms with Crippen LogP contribution in [0.5, 0.6) is 5.75 Å². The maximum Gasteiger partial charge on any atom is 0.238 e. The van der Waals surface area contributed by atoms with Crippen molar-refractivity contribution >= 4 is 15.9 Å². The summed E-state index contributed by atoms with van der Waals surface area (Å²) in [5.41, 5.74) is 0. The Bertz CT molecular complexity index is 693. The van der Waals surface area contributed by atoms with Gasteiger partial charge in [0.2, 0.25) is 15.9 Å². The molecule has 1 aromatic carbocycles. The Morgan fingerprint density at radius 1 is 1.16 bits per heavy atom. The highest BCUT2D eigenvalue weighted by atomic mass is 32.2. The number of sulfonamides is 1. The highest BCUT2D eigenvalue weighted by Crippen LogP contribution is 2.22. The van der Waals surface area contributed by atoms with E-state index in [1.807, 2.05) is 0 Å². The number of piperidine rings is 1. The molecule has 2 aliphatic rings. The monoisotopic (exact) mass is 367 g/mol. The van der Waals surface area contributed by atoms with E-state index in [9.17, 15) is 13.2 Å². The first-order valence-corrected chi connectivity index (χ1v) is 10.2. The standard InChI is InChI=1S/C17H25N3O4S/c18-25(22,23)16-5-3-15(4-6-16)24-12-11-20-9-7-13(8-10-20)17(21)19-14-1-2-14/h3-6,13-14H,1-2,7-12H2,(H,19,21)(H2,18,22,23). The van der Waals surface area contributed by atoms with Crippen LogP contribution in [0, 0.1) is 5.92 Å². The van der Waals surface area contributed by atoms with E-state index in [4.69, 9.17) is 9.88 Å². The average molecular weight is 367 g/mol. The van der Waals surface area contributed by atoms with Gasteiger partial charge in [-0.3, -0.25) is 9.69 Å². The van der Waals surface area contributed by atoms with Gasteiger partial charge in [-0.1, -0.05) is 0 Å². The van der Waals surface area contributed by atoms with Crippen molar-refractivity contribution < 1.29 is 17.9 Å². The molecule has 7 nitrogen and oxygen atoms in total. The molecule has 1 aromatic rings. The summed E-state index contributed by atoms with van der Waals surface area (Å²) in [5.74, 6) is 0.975. The highest BCUT2D eigenvalue weighted by molar-refractivity contribution is 7.89. The number of nitrogens with two attached hydrogens (primary N) is 1. The van der Waals surface area contributed by atoms with Gasteiger partial charge in [-0.05, 0) is 63.0 Å². The largest absolute Gasteiger partial charge is 0.492 e. The van der Waals surface area contributed by atoms with Crippen molar-refractivity contribution in [3.05, 3.63) is 24.3 Å². The zero-order valence-electron chi connectivity index (χ0n) is 14.2. The first-order chi connectivity index (χ1) is 11.9. The molecule has 1 amide bonds. The van der Waals surface area contributed by atoms with E-state index in [1.54, 1.807) is 12.1 Å². The van der Waals surface area contributed by atoms with Gasteiger partial charge in [0.1, 0.15) is 12.4 Å². The molecule has 0 radical (unpaired) electrons. The fourth-order valence-corrected chi connectivity index (χ4v) is 3.50. The first-order valence-electron chi connectivity index (χ1n) is 8.70. The van der Waals surface area contributed by atoms with Gasteiger partial charge in [0, 0.05) is 18.5 Å². The van der Waals surface area contributed by atoms with E-state index >= 15 is 0 Å². The van der Waals surface area contributed by atoms with Gasteiger partial charge in [-0.2, -0.15) is 0 Å². The van der Waals surface area contributed by atoms with Crippen LogP contribution < -0.4 is 15.2 Å². The normalized spacial score (nSPS) is 19.6. The predicted octanol–water partition coefficient (Wildman–Crippen LogP) is 0.703. The van der Waals surface area contributed by atoms with Crippen molar-refractivity contribution in [3.63, 3.8) is 0 Å². The number of nitrogens with zero attached hydrogens (tertiary/aromatic N) is 1. The summed E-state index contributed by atoms with van der Waals surface area (Å²) in [6, 6.07) is 6.52. The van der Waals surface area contributed by atoms with Crippen LogP contribution in [0.1, 0.15) is 25.7 Å². The third-order valence-corrected chi connectivity index (χ3v) is 5.64. The Morgan fingerprint density at radius 3 is 2.36 bits per heavy atom. The molecule has 3 N–H and O–H groups in total. The summed E-state index contributed by atoms with van der Waals surface area (Å²) < 4.78 is 28.1. The Morgan fingerprint density at radius 2 is 1.80 bits per heavy atom. The summed E-state index contributed by atoms with van der Waals surface area (Å²) in [4.78, 5) is 14.4. The van der Waals surface area contributed by atoms with E-state index in [0.29, 0.717) is 18.4 Å². The van der Waals surface area contributed by atoms with Crippen LogP contribution in [0.2, 0.25) is 0 Å². The lowest BCUT2D eigenvalue weighted by molar-refractivity contribution is -0.126. The molecule has 0 unspecified atom stereocenters. The average Bonchev–Trinajstić information content (AvgIpc) is 3.39. The highest BCUT2D eigenvalue weighted by Gasteiger charge is 2.29. The minimum Gasteiger partial charge on any atom is -0.492 e. The second-order valence-corrected chi connectivity index (χ2v) is 8.33. The van der Waals surface area contributed by atoms with Gasteiger partial charge < -0.3 is 10.1 Å². The Hall–Kier alpha value is -1.64. The van der Waals surface area contributed by atoms with E-state index < -0.39 is 10.0 Å². The van der Waals surface area contributed by atoms with Gasteiger partial charge >= 0.3 is 0 Å². The smallest absolute Gasteiger partial charge is 0.238 e. The number of amides is 1. The van der Waals surface area contributed by atoms with Crippen molar-refractivity contribution in [2.75, 3.05) is 26.2 Å². The van der Waals surface area contributed by atoms with E-state index in [2.05, 4.69) is 10.2 Å². The molecule has 1 saturated heterocycles. The molecule has 1 aliphatic heterocycles. The fourth-order valence-electron chi connectivity index (χ4n) is 2.98. The van der Waals surface area contributed by atoms with Crippen molar-refractivity contribution in [3.8, 4) is 5.75 Å². The Labute approximate surface area is 148 Å². The van der Waals surface area contributed by atoms with Gasteiger partial charge in [0.05, 0.1) is 4.90 Å². The predicted molar refractivity (Wildman–Crippen MR) is 93.6 cm³/mol. The van der Waals surface area contributed by atoms with Crippen LogP contribution in [0.15, 0.2) is 29.2 Å². The second-order valence-electron chi connectivity index (χ2n) is 6.76. The lowest BCUT2D eigenvalue weighted by Crippen LogP contribution is -2.42. The van der Waals surface area contributed by atoms with Gasteiger partial charge in [0.25, 0.3) is 0 Å². The van der Waals surface area contributed by atoms with E-state index in [-0.39, 0.29) is 16.7 Å². The van der Waals surface area contributed by atoms with Crippen LogP contribution in [-0.2, 0) is 14.8 Å². The number of carbonyl (C=O) groups is 1. The van der Waals surface area contributed by atoms with Crippen LogP contribution in [0.3, 0.4) is 0 Å². The number of primary sulfonamides is 1. The van der Waals surface area contributed by atoms with Crippen molar-refractivity contribution in [2.45, 2.75) is 36.6 Å². The van der Waals surface area contributed by atoms with Gasteiger partial charge in [0.15, 0.2) is 0 Å². The van der Waals surface area contributed by atoms with Crippen LogP contribution in [-0.4, -0.2) is 51.5 Å². The number of benzene rings is 1. The molecule has 0 bridgehead atoms. The summed E-state index contributed by atoms with van der Waals surface area (Å²) in [5, 5.41) is 8.15. The number of hydrogen-bond donors (Lipinski definition) is 2. The number of likely N-dealkylation sites (tertiary alicyclic amines) is 1. The molecular formula is C17H25N3O4S. The molecule has 0 spiro atoms. The summed E-state index contributed by atoms with van der Waals surface area (Å²) >= 11 is 0. The minimum absolute atomic E-state index is 0.0754. The molecule has 8 heteroatoms. The van der Waals surface area contributed by atoms with Crippen molar-refractivity contribution in [2.24, 2.45) is 11.1 Å². The molecule has 1 saturated carbocycles. The minimum atomic E-state index is -3.67. The van der Waals surface area contributed by atoms with Crippen molar-refractivity contribution in [1.82, 2.24) is 10.2 Å². The quantitative estimate of drug-likeness (QED) is 0.739.